The van der Waals surface area contributed by atoms with E-state index in [9.17, 15) is 0 Å². The fourth-order valence-electron chi connectivity index (χ4n) is 1.10. The van der Waals surface area contributed by atoms with Crippen LogP contribution >= 0.6 is 27.3 Å². The number of aromatic nitrogens is 3. The molecule has 0 saturated heterocycles. The molecule has 4 nitrogen and oxygen atoms in total. The molecule has 0 atom stereocenters. The van der Waals surface area contributed by atoms with Crippen molar-refractivity contribution in [1.82, 2.24) is 15.0 Å². The zero-order valence-electron chi connectivity index (χ0n) is 7.35. The lowest BCUT2D eigenvalue weighted by molar-refractivity contribution is 0.598. The molecule has 0 amide bonds. The van der Waals surface area contributed by atoms with Gasteiger partial charge in [-0.15, -0.1) is 16.4 Å². The van der Waals surface area contributed by atoms with Crippen LogP contribution in [0.2, 0.25) is 0 Å². The minimum atomic E-state index is 0.580. The number of hydrogen-bond donors (Lipinski definition) is 1. The first-order valence-corrected chi connectivity index (χ1v) is 5.76. The molecule has 2 aromatic rings. The van der Waals surface area contributed by atoms with Crippen molar-refractivity contribution in [3.63, 3.8) is 0 Å². The number of thiophene rings is 1. The van der Waals surface area contributed by atoms with E-state index in [0.29, 0.717) is 13.1 Å². The van der Waals surface area contributed by atoms with Crippen molar-refractivity contribution in [1.29, 1.82) is 0 Å². The third-order valence-electron chi connectivity index (χ3n) is 1.72. The first-order valence-electron chi connectivity index (χ1n) is 4.15. The van der Waals surface area contributed by atoms with Crippen molar-refractivity contribution in [2.75, 3.05) is 6.54 Å². The SMILES string of the molecule is NCCn1cc(-c2ccc(Br)s2)nn1. The molecule has 6 heteroatoms. The van der Waals surface area contributed by atoms with Crippen molar-refractivity contribution >= 4 is 27.3 Å². The zero-order chi connectivity index (χ0) is 9.97. The summed E-state index contributed by atoms with van der Waals surface area (Å²) in [6.07, 6.45) is 1.91. The molecule has 2 heterocycles. The lowest BCUT2D eigenvalue weighted by Crippen LogP contribution is -2.10. The summed E-state index contributed by atoms with van der Waals surface area (Å²) >= 11 is 5.05. The maximum Gasteiger partial charge on any atom is 0.123 e. The normalized spacial score (nSPS) is 10.7. The third-order valence-corrected chi connectivity index (χ3v) is 3.37. The molecule has 0 aliphatic carbocycles. The smallest absolute Gasteiger partial charge is 0.123 e. The molecule has 14 heavy (non-hydrogen) atoms. The van der Waals surface area contributed by atoms with E-state index < -0.39 is 0 Å². The van der Waals surface area contributed by atoms with Gasteiger partial charge in [-0.05, 0) is 28.1 Å². The van der Waals surface area contributed by atoms with E-state index in [4.69, 9.17) is 5.73 Å². The second-order valence-electron chi connectivity index (χ2n) is 2.76. The Morgan fingerprint density at radius 2 is 2.36 bits per heavy atom. The first kappa shape index (κ1) is 9.82. The Balaban J connectivity index is 2.24. The minimum absolute atomic E-state index is 0.580. The van der Waals surface area contributed by atoms with E-state index in [1.807, 2.05) is 18.3 Å². The maximum absolute atomic E-state index is 5.42. The van der Waals surface area contributed by atoms with Crippen molar-refractivity contribution < 1.29 is 0 Å². The van der Waals surface area contributed by atoms with Crippen LogP contribution in [0.15, 0.2) is 22.1 Å². The highest BCUT2D eigenvalue weighted by molar-refractivity contribution is 9.11. The summed E-state index contributed by atoms with van der Waals surface area (Å²) in [6, 6.07) is 4.02. The number of nitrogens with zero attached hydrogens (tertiary/aromatic N) is 3. The van der Waals surface area contributed by atoms with Gasteiger partial charge in [-0.25, -0.2) is 0 Å². The molecule has 0 fully saturated rings. The van der Waals surface area contributed by atoms with E-state index in [2.05, 4.69) is 26.2 Å². The summed E-state index contributed by atoms with van der Waals surface area (Å²) < 4.78 is 2.85. The van der Waals surface area contributed by atoms with Crippen LogP contribution in [0, 0.1) is 0 Å². The average molecular weight is 273 g/mol. The molecule has 74 valence electrons. The lowest BCUT2D eigenvalue weighted by atomic mass is 10.4. The Morgan fingerprint density at radius 3 is 3.00 bits per heavy atom. The van der Waals surface area contributed by atoms with Crippen molar-refractivity contribution in [3.8, 4) is 10.6 Å². The molecule has 0 radical (unpaired) electrons. The maximum atomic E-state index is 5.42. The summed E-state index contributed by atoms with van der Waals surface area (Å²) in [5.41, 5.74) is 6.32. The first-order chi connectivity index (χ1) is 6.79. The van der Waals surface area contributed by atoms with Gasteiger partial charge in [0.2, 0.25) is 0 Å². The Hall–Kier alpha value is -0.720. The van der Waals surface area contributed by atoms with E-state index in [1.54, 1.807) is 16.0 Å². The molecule has 2 rings (SSSR count). The van der Waals surface area contributed by atoms with Gasteiger partial charge in [0.15, 0.2) is 0 Å². The van der Waals surface area contributed by atoms with Gasteiger partial charge in [-0.2, -0.15) is 0 Å². The van der Waals surface area contributed by atoms with Gasteiger partial charge >= 0.3 is 0 Å². The molecule has 0 unspecified atom stereocenters. The van der Waals surface area contributed by atoms with E-state index in [0.717, 1.165) is 14.4 Å². The second kappa shape index (κ2) is 4.20. The molecule has 0 aliphatic rings. The molecular formula is C8H9BrN4S. The summed E-state index contributed by atoms with van der Waals surface area (Å²) in [7, 11) is 0. The van der Waals surface area contributed by atoms with Crippen LogP contribution in [0.25, 0.3) is 10.6 Å². The van der Waals surface area contributed by atoms with Crippen molar-refractivity contribution in [2.24, 2.45) is 5.73 Å². The quantitative estimate of drug-likeness (QED) is 0.926. The number of rotatable bonds is 3. The van der Waals surface area contributed by atoms with E-state index >= 15 is 0 Å². The van der Waals surface area contributed by atoms with Crippen LogP contribution in [0.1, 0.15) is 0 Å². The number of halogens is 1. The molecule has 0 aromatic carbocycles. The van der Waals surface area contributed by atoms with E-state index in [1.165, 1.54) is 0 Å². The van der Waals surface area contributed by atoms with Crippen LogP contribution in [-0.4, -0.2) is 21.5 Å². The van der Waals surface area contributed by atoms with Crippen LogP contribution in [-0.2, 0) is 6.54 Å². The molecule has 0 saturated carbocycles. The summed E-state index contributed by atoms with van der Waals surface area (Å²) in [6.45, 7) is 1.29. The fourth-order valence-corrected chi connectivity index (χ4v) is 2.44. The average Bonchev–Trinajstić information content (AvgIpc) is 2.74. The van der Waals surface area contributed by atoms with Gasteiger partial charge in [0.25, 0.3) is 0 Å². The Morgan fingerprint density at radius 1 is 1.50 bits per heavy atom. The molecule has 0 bridgehead atoms. The lowest BCUT2D eigenvalue weighted by Gasteiger charge is -1.92. The van der Waals surface area contributed by atoms with E-state index in [-0.39, 0.29) is 0 Å². The van der Waals surface area contributed by atoms with Gasteiger partial charge in [0.1, 0.15) is 5.69 Å². The van der Waals surface area contributed by atoms with Crippen molar-refractivity contribution in [2.45, 2.75) is 6.54 Å². The molecule has 2 aromatic heterocycles. The molecule has 0 spiro atoms. The highest BCUT2D eigenvalue weighted by atomic mass is 79.9. The molecule has 2 N–H and O–H groups in total. The van der Waals surface area contributed by atoms with Crippen LogP contribution in [0.5, 0.6) is 0 Å². The van der Waals surface area contributed by atoms with Crippen LogP contribution in [0.4, 0.5) is 0 Å². The topological polar surface area (TPSA) is 56.7 Å². The van der Waals surface area contributed by atoms with Gasteiger partial charge < -0.3 is 5.73 Å². The second-order valence-corrected chi connectivity index (χ2v) is 5.22. The highest BCUT2D eigenvalue weighted by Gasteiger charge is 2.05. The zero-order valence-corrected chi connectivity index (χ0v) is 9.75. The highest BCUT2D eigenvalue weighted by Crippen LogP contribution is 2.29. The van der Waals surface area contributed by atoms with Gasteiger partial charge in [-0.1, -0.05) is 5.21 Å². The van der Waals surface area contributed by atoms with Gasteiger partial charge in [-0.3, -0.25) is 4.68 Å². The monoisotopic (exact) mass is 272 g/mol. The number of hydrogen-bond acceptors (Lipinski definition) is 4. The van der Waals surface area contributed by atoms with Gasteiger partial charge in [0, 0.05) is 6.54 Å². The van der Waals surface area contributed by atoms with Crippen molar-refractivity contribution in [3.05, 3.63) is 22.1 Å². The predicted octanol–water partition coefficient (Wildman–Crippen LogP) is 1.73. The summed E-state index contributed by atoms with van der Waals surface area (Å²) in [5, 5.41) is 8.03. The Labute approximate surface area is 93.9 Å². The summed E-state index contributed by atoms with van der Waals surface area (Å²) in [4.78, 5) is 1.11. The number of nitrogens with two attached hydrogens (primary N) is 1. The summed E-state index contributed by atoms with van der Waals surface area (Å²) in [5.74, 6) is 0. The van der Waals surface area contributed by atoms with Gasteiger partial charge in [0.05, 0.1) is 21.4 Å². The van der Waals surface area contributed by atoms with Crippen LogP contribution < -0.4 is 5.73 Å². The standard InChI is InChI=1S/C8H9BrN4S/c9-8-2-1-7(14-8)6-5-13(4-3-10)12-11-6/h1-2,5H,3-4,10H2. The Bertz CT molecular complexity index is 422. The molecular weight excluding hydrogens is 264 g/mol. The largest absolute Gasteiger partial charge is 0.329 e. The minimum Gasteiger partial charge on any atom is -0.329 e. The van der Waals surface area contributed by atoms with Crippen LogP contribution in [0.3, 0.4) is 0 Å². The predicted molar refractivity (Wildman–Crippen MR) is 60.1 cm³/mol. The Kier molecular flexibility index (Phi) is 2.95. The third kappa shape index (κ3) is 2.02. The fraction of sp³-hybridized carbons (Fsp3) is 0.250. The molecule has 0 aliphatic heterocycles.